The molecule has 0 saturated carbocycles. The summed E-state index contributed by atoms with van der Waals surface area (Å²) in [6, 6.07) is 8.37. The Morgan fingerprint density at radius 3 is 2.73 bits per heavy atom. The molecule has 8 heteroatoms. The monoisotopic (exact) mass is 522 g/mol. The van der Waals surface area contributed by atoms with E-state index in [-0.39, 0.29) is 29.9 Å². The molecule has 3 heterocycles. The summed E-state index contributed by atoms with van der Waals surface area (Å²) in [5, 5.41) is 7.84. The largest absolute Gasteiger partial charge is 0.352 e. The van der Waals surface area contributed by atoms with Crippen LogP contribution in [0.2, 0.25) is 0 Å². The molecule has 1 unspecified atom stereocenters. The van der Waals surface area contributed by atoms with Crippen molar-refractivity contribution in [1.29, 1.82) is 0 Å². The lowest BCUT2D eigenvalue weighted by Crippen LogP contribution is -2.39. The maximum atomic E-state index is 12.0. The molecule has 162 valence electrons. The van der Waals surface area contributed by atoms with E-state index in [1.165, 1.54) is 16.7 Å². The van der Waals surface area contributed by atoms with Gasteiger partial charge in [-0.1, -0.05) is 24.3 Å². The van der Waals surface area contributed by atoms with Crippen molar-refractivity contribution < 1.29 is 4.79 Å². The fourth-order valence-electron chi connectivity index (χ4n) is 4.34. The van der Waals surface area contributed by atoms with Gasteiger partial charge in [0.15, 0.2) is 5.96 Å². The van der Waals surface area contributed by atoms with E-state index in [2.05, 4.69) is 44.7 Å². The molecule has 1 aromatic heterocycles. The van der Waals surface area contributed by atoms with Crippen molar-refractivity contribution in [3.05, 3.63) is 53.3 Å². The van der Waals surface area contributed by atoms with Crippen molar-refractivity contribution in [3.63, 3.8) is 0 Å². The third-order valence-corrected chi connectivity index (χ3v) is 5.98. The first-order valence-corrected chi connectivity index (χ1v) is 10.4. The number of amides is 1. The topological polar surface area (TPSA) is 65.8 Å². The van der Waals surface area contributed by atoms with E-state index in [4.69, 9.17) is 0 Å². The van der Waals surface area contributed by atoms with Gasteiger partial charge >= 0.3 is 0 Å². The number of aromatic nitrogens is 2. The summed E-state index contributed by atoms with van der Waals surface area (Å²) >= 11 is 0. The van der Waals surface area contributed by atoms with Crippen molar-refractivity contribution in [3.8, 4) is 0 Å². The highest BCUT2D eigenvalue weighted by Crippen LogP contribution is 2.26. The molecule has 2 saturated heterocycles. The Balaban J connectivity index is 0.00000256. The Morgan fingerprint density at radius 1 is 1.27 bits per heavy atom. The third-order valence-electron chi connectivity index (χ3n) is 5.98. The Morgan fingerprint density at radius 2 is 2.07 bits per heavy atom. The molecule has 2 fully saturated rings. The number of halogens is 1. The minimum atomic E-state index is 0. The van der Waals surface area contributed by atoms with Crippen LogP contribution >= 0.6 is 24.0 Å². The van der Waals surface area contributed by atoms with Crippen LogP contribution in [0.15, 0.2) is 41.7 Å². The fourth-order valence-corrected chi connectivity index (χ4v) is 4.34. The van der Waals surface area contributed by atoms with Gasteiger partial charge in [0.1, 0.15) is 0 Å². The predicted molar refractivity (Wildman–Crippen MR) is 129 cm³/mol. The van der Waals surface area contributed by atoms with Crippen LogP contribution in [0.5, 0.6) is 0 Å². The van der Waals surface area contributed by atoms with Gasteiger partial charge in [-0.3, -0.25) is 14.5 Å². The van der Waals surface area contributed by atoms with Crippen molar-refractivity contribution in [2.75, 3.05) is 26.7 Å². The summed E-state index contributed by atoms with van der Waals surface area (Å²) in [5.41, 5.74) is 3.72. The number of nitrogens with zero attached hydrogens (tertiary/aromatic N) is 5. The summed E-state index contributed by atoms with van der Waals surface area (Å²) in [4.78, 5) is 20.8. The molecule has 7 nitrogen and oxygen atoms in total. The highest BCUT2D eigenvalue weighted by Gasteiger charge is 2.27. The summed E-state index contributed by atoms with van der Waals surface area (Å²) in [7, 11) is 3.80. The van der Waals surface area contributed by atoms with Crippen molar-refractivity contribution in [2.45, 2.75) is 38.3 Å². The van der Waals surface area contributed by atoms with Gasteiger partial charge in [-0.2, -0.15) is 5.10 Å². The second-order valence-electron chi connectivity index (χ2n) is 7.97. The molecule has 2 aliphatic heterocycles. The van der Waals surface area contributed by atoms with Crippen LogP contribution in [0, 0.1) is 0 Å². The number of benzene rings is 1. The summed E-state index contributed by atoms with van der Waals surface area (Å²) < 4.78 is 1.87. The number of guanidine groups is 1. The number of aryl methyl sites for hydroxylation is 1. The predicted octanol–water partition coefficient (Wildman–Crippen LogP) is 2.73. The molecule has 0 aliphatic carbocycles. The Kier molecular flexibility index (Phi) is 7.74. The lowest BCUT2D eigenvalue weighted by Gasteiger charge is -2.23. The molecule has 1 atom stereocenters. The minimum absolute atomic E-state index is 0. The molecule has 30 heavy (non-hydrogen) atoms. The average molecular weight is 522 g/mol. The Hall–Kier alpha value is -2.10. The molecule has 2 aromatic rings. The molecule has 2 aliphatic rings. The number of hydrogen-bond acceptors (Lipinski definition) is 3. The van der Waals surface area contributed by atoms with E-state index in [0.717, 1.165) is 38.4 Å². The normalized spacial score (nSPS) is 19.3. The number of hydrogen-bond donors (Lipinski definition) is 1. The quantitative estimate of drug-likeness (QED) is 0.373. The number of rotatable bonds is 5. The van der Waals surface area contributed by atoms with E-state index in [1.807, 2.05) is 35.9 Å². The smallest absolute Gasteiger partial charge is 0.222 e. The van der Waals surface area contributed by atoms with Gasteiger partial charge in [-0.05, 0) is 29.5 Å². The lowest BCUT2D eigenvalue weighted by molar-refractivity contribution is -0.128. The molecule has 0 bridgehead atoms. The van der Waals surface area contributed by atoms with E-state index in [1.54, 1.807) is 0 Å². The van der Waals surface area contributed by atoms with Gasteiger partial charge in [0.2, 0.25) is 5.91 Å². The van der Waals surface area contributed by atoms with Gasteiger partial charge < -0.3 is 15.1 Å². The maximum absolute atomic E-state index is 12.0. The van der Waals surface area contributed by atoms with Crippen LogP contribution < -0.4 is 5.32 Å². The number of likely N-dealkylation sites (tertiary alicyclic amines) is 2. The van der Waals surface area contributed by atoms with Gasteiger partial charge in [-0.25, -0.2) is 0 Å². The lowest BCUT2D eigenvalue weighted by atomic mass is 10.0. The molecular weight excluding hydrogens is 491 g/mol. The van der Waals surface area contributed by atoms with E-state index >= 15 is 0 Å². The molecule has 1 amide bonds. The number of aliphatic imine (C=N–C) groups is 1. The summed E-state index contributed by atoms with van der Waals surface area (Å²) in [5.74, 6) is 1.70. The van der Waals surface area contributed by atoms with Crippen LogP contribution in [-0.2, 0) is 24.9 Å². The highest BCUT2D eigenvalue weighted by atomic mass is 127. The standard InChI is InChI=1S/C22H30N6O.HI/c1-23-22(28-11-9-19(16-28)20-13-25-26(2)14-20)24-12-17-6-3-4-7-18(17)15-27-10-5-8-21(27)29;/h3-4,6-7,13-14,19H,5,8-12,15-16H2,1-2H3,(H,23,24);1H. The van der Waals surface area contributed by atoms with Crippen molar-refractivity contribution >= 4 is 35.8 Å². The maximum Gasteiger partial charge on any atom is 0.222 e. The van der Waals surface area contributed by atoms with E-state index in [9.17, 15) is 4.79 Å². The third kappa shape index (κ3) is 5.14. The summed E-state index contributed by atoms with van der Waals surface area (Å²) in [6.07, 6.45) is 6.85. The van der Waals surface area contributed by atoms with Gasteiger partial charge in [-0.15, -0.1) is 24.0 Å². The molecule has 1 aromatic carbocycles. The van der Waals surface area contributed by atoms with Gasteiger partial charge in [0.25, 0.3) is 0 Å². The van der Waals surface area contributed by atoms with Crippen molar-refractivity contribution in [1.82, 2.24) is 24.9 Å². The zero-order chi connectivity index (χ0) is 20.2. The van der Waals surface area contributed by atoms with Gasteiger partial charge in [0.05, 0.1) is 6.20 Å². The van der Waals surface area contributed by atoms with Gasteiger partial charge in [0, 0.05) is 65.4 Å². The molecule has 4 rings (SSSR count). The second kappa shape index (κ2) is 10.3. The molecule has 1 N–H and O–H groups in total. The van der Waals surface area contributed by atoms with Crippen LogP contribution in [0.1, 0.15) is 41.9 Å². The zero-order valence-electron chi connectivity index (χ0n) is 17.8. The van der Waals surface area contributed by atoms with Crippen LogP contribution in [0.4, 0.5) is 0 Å². The number of carbonyl (C=O) groups excluding carboxylic acids is 1. The number of carbonyl (C=O) groups is 1. The summed E-state index contributed by atoms with van der Waals surface area (Å²) in [6.45, 7) is 4.21. The molecular formula is C22H31IN6O. The SMILES string of the molecule is CN=C(NCc1ccccc1CN1CCCC1=O)N1CCC(c2cnn(C)c2)C1.I. The van der Waals surface area contributed by atoms with E-state index in [0.29, 0.717) is 25.4 Å². The first-order chi connectivity index (χ1) is 14.1. The Bertz CT molecular complexity index is 895. The molecule has 0 spiro atoms. The average Bonchev–Trinajstić information content (AvgIpc) is 3.46. The van der Waals surface area contributed by atoms with Crippen LogP contribution in [-0.4, -0.2) is 58.1 Å². The fraction of sp³-hybridized carbons (Fsp3) is 0.500. The number of nitrogens with one attached hydrogen (secondary N) is 1. The van der Waals surface area contributed by atoms with Crippen LogP contribution in [0.25, 0.3) is 0 Å². The zero-order valence-corrected chi connectivity index (χ0v) is 20.1. The minimum Gasteiger partial charge on any atom is -0.352 e. The Labute approximate surface area is 195 Å². The highest BCUT2D eigenvalue weighted by molar-refractivity contribution is 14.0. The second-order valence-corrected chi connectivity index (χ2v) is 7.97. The van der Waals surface area contributed by atoms with E-state index < -0.39 is 0 Å². The first-order valence-electron chi connectivity index (χ1n) is 10.4. The van der Waals surface area contributed by atoms with Crippen molar-refractivity contribution in [2.24, 2.45) is 12.0 Å². The molecule has 0 radical (unpaired) electrons. The van der Waals surface area contributed by atoms with Crippen LogP contribution in [0.3, 0.4) is 0 Å². The first kappa shape index (κ1) is 22.6.